The van der Waals surface area contributed by atoms with Gasteiger partial charge in [-0.2, -0.15) is 0 Å². The maximum absolute atomic E-state index is 12.2. The Labute approximate surface area is 150 Å². The second-order valence-corrected chi connectivity index (χ2v) is 6.15. The van der Waals surface area contributed by atoms with Crippen molar-refractivity contribution in [2.75, 3.05) is 11.9 Å². The second-order valence-electron chi connectivity index (χ2n) is 5.23. The van der Waals surface area contributed by atoms with E-state index in [-0.39, 0.29) is 24.5 Å². The molecular weight excluding hydrogens is 340 g/mol. The molecule has 0 spiro atoms. The van der Waals surface area contributed by atoms with Crippen molar-refractivity contribution in [3.63, 3.8) is 0 Å². The number of rotatable bonds is 6. The van der Waals surface area contributed by atoms with Crippen molar-refractivity contribution in [3.8, 4) is 0 Å². The predicted octanol–water partition coefficient (Wildman–Crippen LogP) is 3.38. The van der Waals surface area contributed by atoms with Crippen LogP contribution in [0.2, 0.25) is 0 Å². The summed E-state index contributed by atoms with van der Waals surface area (Å²) in [4.78, 5) is 35.6. The number of thiophene rings is 1. The monoisotopic (exact) mass is 360 g/mol. The second kappa shape index (κ2) is 8.98. The van der Waals surface area contributed by atoms with Crippen LogP contribution in [0.1, 0.15) is 35.3 Å². The Hall–Kier alpha value is -2.67. The highest BCUT2D eigenvalue weighted by atomic mass is 32.1. The normalized spacial score (nSPS) is 10.2. The van der Waals surface area contributed by atoms with Gasteiger partial charge in [0.1, 0.15) is 5.00 Å². The highest BCUT2D eigenvalue weighted by molar-refractivity contribution is 7.14. The Morgan fingerprint density at radius 1 is 1.04 bits per heavy atom. The predicted molar refractivity (Wildman–Crippen MR) is 97.0 cm³/mol. The first-order chi connectivity index (χ1) is 12.0. The number of amides is 3. The van der Waals surface area contributed by atoms with Crippen LogP contribution in [0.3, 0.4) is 0 Å². The summed E-state index contributed by atoms with van der Waals surface area (Å²) in [5.41, 5.74) is 2.33. The highest BCUT2D eigenvalue weighted by Gasteiger charge is 2.17. The van der Waals surface area contributed by atoms with Crippen LogP contribution in [0.15, 0.2) is 35.7 Å². The summed E-state index contributed by atoms with van der Waals surface area (Å²) in [5, 5.41) is 6.91. The third kappa shape index (κ3) is 5.42. The average molecular weight is 360 g/mol. The van der Waals surface area contributed by atoms with Gasteiger partial charge in [-0.15, -0.1) is 11.3 Å². The first-order valence-corrected chi connectivity index (χ1v) is 8.84. The molecule has 0 saturated heterocycles. The van der Waals surface area contributed by atoms with E-state index in [1.807, 2.05) is 24.3 Å². The number of carbonyl (C=O) groups is 3. The van der Waals surface area contributed by atoms with Gasteiger partial charge in [0, 0.05) is 0 Å². The van der Waals surface area contributed by atoms with Crippen molar-refractivity contribution in [1.82, 2.24) is 5.32 Å². The van der Waals surface area contributed by atoms with Gasteiger partial charge in [0.25, 0.3) is 5.91 Å². The van der Waals surface area contributed by atoms with E-state index >= 15 is 0 Å². The van der Waals surface area contributed by atoms with Crippen molar-refractivity contribution in [3.05, 3.63) is 52.4 Å². The fraction of sp³-hybridized carbons (Fsp3) is 0.278. The summed E-state index contributed by atoms with van der Waals surface area (Å²) in [6, 6.07) is 9.37. The fourth-order valence-electron chi connectivity index (χ4n) is 2.16. The zero-order valence-corrected chi connectivity index (χ0v) is 14.9. The van der Waals surface area contributed by atoms with E-state index in [0.717, 1.165) is 12.0 Å². The van der Waals surface area contributed by atoms with Crippen LogP contribution in [0.5, 0.6) is 0 Å². The minimum absolute atomic E-state index is 0.170. The van der Waals surface area contributed by atoms with Crippen molar-refractivity contribution in [2.45, 2.75) is 26.7 Å². The molecule has 0 fully saturated rings. The van der Waals surface area contributed by atoms with Crippen LogP contribution in [-0.4, -0.2) is 24.5 Å². The van der Waals surface area contributed by atoms with Crippen LogP contribution >= 0.6 is 11.3 Å². The minimum Gasteiger partial charge on any atom is -0.450 e. The maximum Gasteiger partial charge on any atom is 0.414 e. The number of alkyl carbamates (subject to hydrolysis) is 1. The molecule has 0 bridgehead atoms. The maximum atomic E-state index is 12.2. The number of imide groups is 1. The average Bonchev–Trinajstić information content (AvgIpc) is 3.03. The molecule has 0 radical (unpaired) electrons. The van der Waals surface area contributed by atoms with Gasteiger partial charge >= 0.3 is 6.09 Å². The Morgan fingerprint density at radius 3 is 2.36 bits per heavy atom. The molecule has 0 aliphatic heterocycles. The molecular formula is C18H20N2O4S. The first-order valence-electron chi connectivity index (χ1n) is 7.96. The molecule has 2 rings (SSSR count). The highest BCUT2D eigenvalue weighted by Crippen LogP contribution is 2.23. The molecule has 0 aliphatic carbocycles. The van der Waals surface area contributed by atoms with E-state index in [9.17, 15) is 14.4 Å². The molecule has 2 aromatic rings. The molecule has 0 atom stereocenters. The molecule has 7 heteroatoms. The lowest BCUT2D eigenvalue weighted by atomic mass is 10.1. The van der Waals surface area contributed by atoms with Gasteiger partial charge in [0.05, 0.1) is 18.6 Å². The summed E-state index contributed by atoms with van der Waals surface area (Å²) in [5.74, 6) is -0.834. The summed E-state index contributed by atoms with van der Waals surface area (Å²) < 4.78 is 4.67. The van der Waals surface area contributed by atoms with Gasteiger partial charge in [-0.05, 0) is 35.9 Å². The Morgan fingerprint density at radius 2 is 1.72 bits per heavy atom. The van der Waals surface area contributed by atoms with Gasteiger partial charge in [0.2, 0.25) is 5.91 Å². The van der Waals surface area contributed by atoms with Gasteiger partial charge in [-0.25, -0.2) is 4.79 Å². The Balaban J connectivity index is 1.98. The van der Waals surface area contributed by atoms with Crippen LogP contribution in [0, 0.1) is 0 Å². The molecule has 0 unspecified atom stereocenters. The standard InChI is InChI=1S/C18H20N2O4S/c1-3-12-5-7-13(8-6-12)11-15(21)19-17-14(9-10-25-17)16(22)20-18(23)24-4-2/h5-10H,3-4,11H2,1-2H3,(H,19,21)(H,20,22,23). The van der Waals surface area contributed by atoms with Gasteiger partial charge in [-0.3, -0.25) is 14.9 Å². The van der Waals surface area contributed by atoms with Crippen LogP contribution in [-0.2, 0) is 22.4 Å². The summed E-state index contributed by atoms with van der Waals surface area (Å²) in [6.45, 7) is 3.89. The van der Waals surface area contributed by atoms with Crippen LogP contribution in [0.4, 0.5) is 9.80 Å². The van der Waals surface area contributed by atoms with Crippen LogP contribution < -0.4 is 10.6 Å². The van der Waals surface area contributed by atoms with Crippen LogP contribution in [0.25, 0.3) is 0 Å². The van der Waals surface area contributed by atoms with E-state index in [1.54, 1.807) is 18.4 Å². The number of nitrogens with one attached hydrogen (secondary N) is 2. The molecule has 132 valence electrons. The number of anilines is 1. The largest absolute Gasteiger partial charge is 0.450 e. The van der Waals surface area contributed by atoms with Crippen molar-refractivity contribution in [1.29, 1.82) is 0 Å². The number of ether oxygens (including phenoxy) is 1. The van der Waals surface area contributed by atoms with Gasteiger partial charge in [0.15, 0.2) is 0 Å². The topological polar surface area (TPSA) is 84.5 Å². The quantitative estimate of drug-likeness (QED) is 0.827. The molecule has 0 saturated carbocycles. The first kappa shape index (κ1) is 18.7. The zero-order valence-electron chi connectivity index (χ0n) is 14.1. The molecule has 6 nitrogen and oxygen atoms in total. The van der Waals surface area contributed by atoms with Gasteiger partial charge in [-0.1, -0.05) is 31.2 Å². The number of hydrogen-bond acceptors (Lipinski definition) is 5. The van der Waals surface area contributed by atoms with Crippen molar-refractivity contribution in [2.24, 2.45) is 0 Å². The van der Waals surface area contributed by atoms with E-state index in [4.69, 9.17) is 0 Å². The van der Waals surface area contributed by atoms with Gasteiger partial charge < -0.3 is 10.1 Å². The molecule has 0 aliphatic rings. The lowest BCUT2D eigenvalue weighted by Crippen LogP contribution is -2.31. The summed E-state index contributed by atoms with van der Waals surface area (Å²) >= 11 is 1.22. The molecule has 1 aromatic carbocycles. The molecule has 1 heterocycles. The third-order valence-corrected chi connectivity index (χ3v) is 4.28. The third-order valence-electron chi connectivity index (χ3n) is 3.45. The fourth-order valence-corrected chi connectivity index (χ4v) is 2.96. The Bertz CT molecular complexity index is 753. The number of aryl methyl sites for hydroxylation is 1. The molecule has 3 amide bonds. The lowest BCUT2D eigenvalue weighted by molar-refractivity contribution is -0.115. The number of hydrogen-bond donors (Lipinski definition) is 2. The lowest BCUT2D eigenvalue weighted by Gasteiger charge is -2.07. The summed E-state index contributed by atoms with van der Waals surface area (Å²) in [6.07, 6.45) is 0.341. The smallest absolute Gasteiger partial charge is 0.414 e. The Kier molecular flexibility index (Phi) is 6.71. The molecule has 1 aromatic heterocycles. The molecule has 25 heavy (non-hydrogen) atoms. The van der Waals surface area contributed by atoms with Crippen molar-refractivity contribution < 1.29 is 19.1 Å². The van der Waals surface area contributed by atoms with E-state index in [1.165, 1.54) is 16.9 Å². The zero-order chi connectivity index (χ0) is 18.2. The van der Waals surface area contributed by atoms with Crippen molar-refractivity contribution >= 4 is 34.2 Å². The number of benzene rings is 1. The van der Waals surface area contributed by atoms with E-state index < -0.39 is 12.0 Å². The molecule has 2 N–H and O–H groups in total. The van der Waals surface area contributed by atoms with E-state index in [2.05, 4.69) is 22.3 Å². The minimum atomic E-state index is -0.813. The van der Waals surface area contributed by atoms with E-state index in [0.29, 0.717) is 5.00 Å². The SMILES string of the molecule is CCOC(=O)NC(=O)c1ccsc1NC(=O)Cc1ccc(CC)cc1. The number of carbonyl (C=O) groups excluding carboxylic acids is 3. The summed E-state index contributed by atoms with van der Waals surface area (Å²) in [7, 11) is 0.